The van der Waals surface area contributed by atoms with Crippen molar-refractivity contribution in [2.24, 2.45) is 0 Å². The van der Waals surface area contributed by atoms with Crippen molar-refractivity contribution >= 4 is 32.2 Å². The van der Waals surface area contributed by atoms with Crippen molar-refractivity contribution in [2.45, 2.75) is 63.6 Å². The Bertz CT molecular complexity index is 1620. The van der Waals surface area contributed by atoms with Crippen molar-refractivity contribution in [3.8, 4) is 11.5 Å². The Morgan fingerprint density at radius 1 is 1.18 bits per heavy atom. The van der Waals surface area contributed by atoms with Gasteiger partial charge in [0, 0.05) is 33.5 Å². The van der Waals surface area contributed by atoms with Crippen LogP contribution in [0.15, 0.2) is 59.9 Å². The molecule has 4 aromatic rings. The SMILES string of the molecule is Cc1c(Oc2ccnc3ccc(S(=N)(=O)C(C)C)cc23)ccc(CC(=O)Nc2cnn(C(C)(C)C)c2)c1F. The summed E-state index contributed by atoms with van der Waals surface area (Å²) < 4.78 is 44.3. The normalized spacial score (nSPS) is 13.5. The number of benzene rings is 2. The number of rotatable bonds is 7. The third-order valence-electron chi connectivity index (χ3n) is 6.23. The van der Waals surface area contributed by atoms with Crippen LogP contribution in [0.5, 0.6) is 11.5 Å². The highest BCUT2D eigenvalue weighted by molar-refractivity contribution is 7.93. The summed E-state index contributed by atoms with van der Waals surface area (Å²) in [6.07, 6.45) is 4.72. The molecule has 1 unspecified atom stereocenters. The minimum absolute atomic E-state index is 0.151. The Balaban J connectivity index is 1.56. The van der Waals surface area contributed by atoms with Crippen LogP contribution in [0.25, 0.3) is 10.9 Å². The number of hydrogen-bond acceptors (Lipinski definition) is 6. The lowest BCUT2D eigenvalue weighted by atomic mass is 10.1. The number of halogens is 1. The van der Waals surface area contributed by atoms with E-state index in [9.17, 15) is 9.00 Å². The highest BCUT2D eigenvalue weighted by Gasteiger charge is 2.19. The number of anilines is 1. The van der Waals surface area contributed by atoms with Crippen LogP contribution in [-0.4, -0.2) is 30.1 Å². The van der Waals surface area contributed by atoms with Crippen molar-refractivity contribution in [3.05, 3.63) is 71.9 Å². The number of ether oxygens (including phenoxy) is 1. The summed E-state index contributed by atoms with van der Waals surface area (Å²) in [6, 6.07) is 9.79. The molecule has 4 rings (SSSR count). The second-order valence-electron chi connectivity index (χ2n) is 10.5. The van der Waals surface area contributed by atoms with Gasteiger partial charge in [0.2, 0.25) is 5.91 Å². The molecule has 200 valence electrons. The molecule has 1 amide bonds. The Hall–Kier alpha value is -3.79. The monoisotopic (exact) mass is 537 g/mol. The van der Waals surface area contributed by atoms with E-state index in [1.165, 1.54) is 6.07 Å². The van der Waals surface area contributed by atoms with Gasteiger partial charge in [0.05, 0.1) is 39.1 Å². The zero-order valence-electron chi connectivity index (χ0n) is 22.3. The number of carbonyl (C=O) groups excluding carboxylic acids is 1. The molecule has 0 fully saturated rings. The fourth-order valence-corrected chi connectivity index (χ4v) is 4.98. The molecule has 0 radical (unpaired) electrons. The predicted molar refractivity (Wildman–Crippen MR) is 147 cm³/mol. The summed E-state index contributed by atoms with van der Waals surface area (Å²) in [5.74, 6) is -0.204. The van der Waals surface area contributed by atoms with Crippen molar-refractivity contribution < 1.29 is 18.1 Å². The van der Waals surface area contributed by atoms with Crippen molar-refractivity contribution in [2.75, 3.05) is 5.32 Å². The summed E-state index contributed by atoms with van der Waals surface area (Å²) in [5, 5.41) is 7.23. The molecule has 38 heavy (non-hydrogen) atoms. The molecule has 2 N–H and O–H groups in total. The summed E-state index contributed by atoms with van der Waals surface area (Å²) in [5.41, 5.74) is 1.41. The molecule has 2 heterocycles. The highest BCUT2D eigenvalue weighted by Crippen LogP contribution is 2.34. The zero-order valence-corrected chi connectivity index (χ0v) is 23.1. The molecule has 2 aromatic heterocycles. The lowest BCUT2D eigenvalue weighted by molar-refractivity contribution is -0.115. The number of nitrogens with one attached hydrogen (secondary N) is 2. The fourth-order valence-electron chi connectivity index (χ4n) is 3.87. The second-order valence-corrected chi connectivity index (χ2v) is 13.1. The first-order valence-electron chi connectivity index (χ1n) is 12.2. The summed E-state index contributed by atoms with van der Waals surface area (Å²) >= 11 is 0. The van der Waals surface area contributed by atoms with Crippen LogP contribution in [0, 0.1) is 17.5 Å². The van der Waals surface area contributed by atoms with Crippen LogP contribution < -0.4 is 10.1 Å². The van der Waals surface area contributed by atoms with Crippen LogP contribution in [-0.2, 0) is 26.5 Å². The van der Waals surface area contributed by atoms with E-state index >= 15 is 4.39 Å². The van der Waals surface area contributed by atoms with Crippen molar-refractivity contribution in [1.82, 2.24) is 14.8 Å². The third-order valence-corrected chi connectivity index (χ3v) is 8.51. The minimum Gasteiger partial charge on any atom is -0.456 e. The molecule has 0 spiro atoms. The quantitative estimate of drug-likeness (QED) is 0.283. The molecular weight excluding hydrogens is 505 g/mol. The van der Waals surface area contributed by atoms with Gasteiger partial charge in [-0.3, -0.25) is 14.5 Å². The number of hydrogen-bond donors (Lipinski definition) is 2. The predicted octanol–water partition coefficient (Wildman–Crippen LogP) is 6.42. The van der Waals surface area contributed by atoms with Crippen LogP contribution in [0.2, 0.25) is 0 Å². The van der Waals surface area contributed by atoms with Gasteiger partial charge in [0.15, 0.2) is 0 Å². The van der Waals surface area contributed by atoms with Gasteiger partial charge in [-0.05, 0) is 77.4 Å². The molecule has 10 heteroatoms. The van der Waals surface area contributed by atoms with E-state index in [1.807, 2.05) is 20.8 Å². The van der Waals surface area contributed by atoms with Gasteiger partial charge >= 0.3 is 0 Å². The maximum Gasteiger partial charge on any atom is 0.228 e. The van der Waals surface area contributed by atoms with E-state index in [-0.39, 0.29) is 40.0 Å². The number of amides is 1. The molecule has 8 nitrogen and oxygen atoms in total. The molecule has 0 aliphatic rings. The lowest BCUT2D eigenvalue weighted by Crippen LogP contribution is -2.22. The van der Waals surface area contributed by atoms with E-state index in [0.29, 0.717) is 27.2 Å². The fraction of sp³-hybridized carbons (Fsp3) is 0.321. The number of nitrogens with zero attached hydrogens (tertiary/aromatic N) is 3. The van der Waals surface area contributed by atoms with Gasteiger partial charge in [-0.25, -0.2) is 13.4 Å². The maximum atomic E-state index is 15.3. The first-order chi connectivity index (χ1) is 17.8. The molecule has 1 atom stereocenters. The van der Waals surface area contributed by atoms with Crippen LogP contribution in [0.1, 0.15) is 45.7 Å². The Morgan fingerprint density at radius 2 is 1.92 bits per heavy atom. The van der Waals surface area contributed by atoms with Gasteiger partial charge in [-0.2, -0.15) is 5.10 Å². The first-order valence-corrected chi connectivity index (χ1v) is 13.9. The number of pyridine rings is 1. The Morgan fingerprint density at radius 3 is 2.58 bits per heavy atom. The van der Waals surface area contributed by atoms with Crippen molar-refractivity contribution in [1.29, 1.82) is 4.78 Å². The van der Waals surface area contributed by atoms with E-state index in [2.05, 4.69) is 15.4 Å². The molecule has 0 aliphatic heterocycles. The van der Waals surface area contributed by atoms with Gasteiger partial charge in [-0.15, -0.1) is 0 Å². The Kier molecular flexibility index (Phi) is 7.29. The van der Waals surface area contributed by atoms with E-state index in [0.717, 1.165) is 0 Å². The summed E-state index contributed by atoms with van der Waals surface area (Å²) in [7, 11) is -3.01. The maximum absolute atomic E-state index is 15.3. The van der Waals surface area contributed by atoms with Crippen molar-refractivity contribution in [3.63, 3.8) is 0 Å². The standard InChI is InChI=1S/C28H32FN5O3S/c1-17(2)38(30,36)21-8-9-23-22(14-21)25(11-12-31-23)37-24-10-7-19(27(29)18(24)3)13-26(35)33-20-15-32-34(16-20)28(4,5)6/h7-12,14-17,30H,13H2,1-6H3,(H,33,35). The molecule has 0 saturated heterocycles. The topological polar surface area (TPSA) is 110 Å². The number of carbonyl (C=O) groups is 1. The lowest BCUT2D eigenvalue weighted by Gasteiger charge is -2.18. The number of aromatic nitrogens is 3. The zero-order chi connectivity index (χ0) is 27.8. The molecular formula is C28H32FN5O3S. The number of fused-ring (bicyclic) bond motifs is 1. The van der Waals surface area contributed by atoms with Gasteiger partial charge in [-0.1, -0.05) is 6.07 Å². The highest BCUT2D eigenvalue weighted by atomic mass is 32.2. The summed E-state index contributed by atoms with van der Waals surface area (Å²) in [4.78, 5) is 17.3. The van der Waals surface area contributed by atoms with Crippen LogP contribution in [0.3, 0.4) is 0 Å². The molecule has 0 saturated carbocycles. The van der Waals surface area contributed by atoms with Crippen LogP contribution in [0.4, 0.5) is 10.1 Å². The summed E-state index contributed by atoms with van der Waals surface area (Å²) in [6.45, 7) is 11.1. The molecule has 0 bridgehead atoms. The Labute approximate surface area is 222 Å². The van der Waals surface area contributed by atoms with Gasteiger partial charge in [0.1, 0.15) is 17.3 Å². The van der Waals surface area contributed by atoms with Gasteiger partial charge in [0.25, 0.3) is 0 Å². The average molecular weight is 538 g/mol. The molecule has 0 aliphatic carbocycles. The van der Waals surface area contributed by atoms with Gasteiger partial charge < -0.3 is 10.1 Å². The second kappa shape index (κ2) is 10.2. The smallest absolute Gasteiger partial charge is 0.228 e. The van der Waals surface area contributed by atoms with E-state index in [1.54, 1.807) is 74.4 Å². The van der Waals surface area contributed by atoms with Crippen LogP contribution >= 0.6 is 0 Å². The minimum atomic E-state index is -3.01. The largest absolute Gasteiger partial charge is 0.456 e. The average Bonchev–Trinajstić information content (AvgIpc) is 3.32. The molecule has 2 aromatic carbocycles. The third kappa shape index (κ3) is 5.55. The first kappa shape index (κ1) is 27.3. The van der Waals surface area contributed by atoms with E-state index in [4.69, 9.17) is 9.52 Å². The van der Waals surface area contributed by atoms with E-state index < -0.39 is 15.5 Å².